The van der Waals surface area contributed by atoms with Crippen molar-refractivity contribution in [3.8, 4) is 0 Å². The Morgan fingerprint density at radius 3 is 2.41 bits per heavy atom. The SMILES string of the molecule is c1cc(N2CCCCCC2)nc(N[C@H]2CCN(C3CCCCC3)[C@@H]2CN2CCNCC2)n1. The highest BCUT2D eigenvalue weighted by Gasteiger charge is 2.39. The Hall–Kier alpha value is -1.44. The molecule has 4 heterocycles. The van der Waals surface area contributed by atoms with Crippen LogP contribution in [0.1, 0.15) is 64.2 Å². The summed E-state index contributed by atoms with van der Waals surface area (Å²) in [4.78, 5) is 17.6. The number of hydrogen-bond acceptors (Lipinski definition) is 7. The lowest BCUT2D eigenvalue weighted by molar-refractivity contribution is 0.101. The maximum absolute atomic E-state index is 4.98. The van der Waals surface area contributed by atoms with E-state index < -0.39 is 0 Å². The van der Waals surface area contributed by atoms with Gasteiger partial charge in [0.2, 0.25) is 5.95 Å². The van der Waals surface area contributed by atoms with Crippen LogP contribution in [0.2, 0.25) is 0 Å². The van der Waals surface area contributed by atoms with Crippen molar-refractivity contribution in [1.82, 2.24) is 25.1 Å². The van der Waals surface area contributed by atoms with Gasteiger partial charge >= 0.3 is 0 Å². The van der Waals surface area contributed by atoms with Gasteiger partial charge in [0.15, 0.2) is 0 Å². The van der Waals surface area contributed by atoms with Crippen molar-refractivity contribution < 1.29 is 0 Å². The third-order valence-electron chi connectivity index (χ3n) is 8.17. The van der Waals surface area contributed by atoms with Crippen LogP contribution in [0.5, 0.6) is 0 Å². The monoisotopic (exact) mass is 441 g/mol. The molecule has 7 heteroatoms. The predicted molar refractivity (Wildman–Crippen MR) is 131 cm³/mol. The number of anilines is 2. The van der Waals surface area contributed by atoms with Gasteiger partial charge in [-0.1, -0.05) is 32.1 Å². The molecule has 3 aliphatic heterocycles. The van der Waals surface area contributed by atoms with Gasteiger partial charge in [0.05, 0.1) is 0 Å². The third kappa shape index (κ3) is 5.54. The van der Waals surface area contributed by atoms with Crippen molar-refractivity contribution in [2.24, 2.45) is 0 Å². The van der Waals surface area contributed by atoms with E-state index >= 15 is 0 Å². The Bertz CT molecular complexity index is 693. The molecule has 7 nitrogen and oxygen atoms in total. The van der Waals surface area contributed by atoms with Gasteiger partial charge in [-0.15, -0.1) is 0 Å². The van der Waals surface area contributed by atoms with Gasteiger partial charge in [0, 0.05) is 76.7 Å². The molecule has 0 spiro atoms. The molecule has 0 aromatic carbocycles. The van der Waals surface area contributed by atoms with Crippen LogP contribution in [0.3, 0.4) is 0 Å². The van der Waals surface area contributed by atoms with Crippen LogP contribution < -0.4 is 15.5 Å². The molecule has 0 radical (unpaired) electrons. The number of aromatic nitrogens is 2. The van der Waals surface area contributed by atoms with E-state index in [4.69, 9.17) is 4.98 Å². The van der Waals surface area contributed by atoms with Gasteiger partial charge in [0.1, 0.15) is 5.82 Å². The summed E-state index contributed by atoms with van der Waals surface area (Å²) in [5, 5.41) is 7.32. The Morgan fingerprint density at radius 2 is 1.62 bits per heavy atom. The second-order valence-corrected chi connectivity index (χ2v) is 10.3. The number of nitrogens with one attached hydrogen (secondary N) is 2. The standard InChI is InChI=1S/C25H43N7/c1-2-7-16-31(15-6-1)24-10-12-27-25(29-24)28-22-11-17-32(21-8-4-3-5-9-21)23(22)20-30-18-13-26-14-19-30/h10,12,21-23,26H,1-9,11,13-20H2,(H,27,28,29)/t22-,23+/m0/s1. The van der Waals surface area contributed by atoms with E-state index in [0.717, 1.165) is 44.0 Å². The molecule has 1 saturated carbocycles. The molecule has 4 fully saturated rings. The quantitative estimate of drug-likeness (QED) is 0.704. The van der Waals surface area contributed by atoms with Gasteiger partial charge in [-0.25, -0.2) is 4.98 Å². The maximum atomic E-state index is 4.98. The van der Waals surface area contributed by atoms with Crippen LogP contribution in [0.15, 0.2) is 12.3 Å². The minimum Gasteiger partial charge on any atom is -0.356 e. The van der Waals surface area contributed by atoms with Crippen LogP contribution in [-0.4, -0.2) is 90.3 Å². The average molecular weight is 442 g/mol. The maximum Gasteiger partial charge on any atom is 0.224 e. The fourth-order valence-corrected chi connectivity index (χ4v) is 6.36. The van der Waals surface area contributed by atoms with Crippen molar-refractivity contribution in [2.45, 2.75) is 82.3 Å². The van der Waals surface area contributed by atoms with Crippen LogP contribution in [0.25, 0.3) is 0 Å². The van der Waals surface area contributed by atoms with E-state index in [1.807, 2.05) is 6.20 Å². The summed E-state index contributed by atoms with van der Waals surface area (Å²) in [6.07, 6.45) is 15.4. The number of hydrogen-bond donors (Lipinski definition) is 2. The molecular weight excluding hydrogens is 398 g/mol. The van der Waals surface area contributed by atoms with Crippen LogP contribution in [-0.2, 0) is 0 Å². The first-order chi connectivity index (χ1) is 15.9. The van der Waals surface area contributed by atoms with E-state index in [-0.39, 0.29) is 0 Å². The lowest BCUT2D eigenvalue weighted by Crippen LogP contribution is -2.54. The van der Waals surface area contributed by atoms with Gasteiger partial charge in [-0.2, -0.15) is 4.98 Å². The summed E-state index contributed by atoms with van der Waals surface area (Å²) >= 11 is 0. The molecule has 1 aromatic heterocycles. The molecule has 32 heavy (non-hydrogen) atoms. The Labute approximate surface area is 194 Å². The highest BCUT2D eigenvalue weighted by atomic mass is 15.3. The Morgan fingerprint density at radius 1 is 0.875 bits per heavy atom. The highest BCUT2D eigenvalue weighted by Crippen LogP contribution is 2.31. The number of nitrogens with zero attached hydrogens (tertiary/aromatic N) is 5. The zero-order chi connectivity index (χ0) is 21.6. The van der Waals surface area contributed by atoms with E-state index in [2.05, 4.69) is 36.4 Å². The van der Waals surface area contributed by atoms with Crippen LogP contribution in [0, 0.1) is 0 Å². The molecule has 3 saturated heterocycles. The molecule has 2 atom stereocenters. The first-order valence-corrected chi connectivity index (χ1v) is 13.4. The zero-order valence-corrected chi connectivity index (χ0v) is 19.9. The van der Waals surface area contributed by atoms with Crippen molar-refractivity contribution in [2.75, 3.05) is 62.6 Å². The second kappa shape index (κ2) is 11.1. The Balaban J connectivity index is 1.29. The highest BCUT2D eigenvalue weighted by molar-refractivity contribution is 5.43. The van der Waals surface area contributed by atoms with Gasteiger partial charge in [0.25, 0.3) is 0 Å². The average Bonchev–Trinajstić information content (AvgIpc) is 3.04. The molecule has 178 valence electrons. The number of likely N-dealkylation sites (tertiary alicyclic amines) is 1. The van der Waals surface area contributed by atoms with Gasteiger partial charge in [-0.3, -0.25) is 9.80 Å². The minimum atomic E-state index is 0.436. The van der Waals surface area contributed by atoms with E-state index in [9.17, 15) is 0 Å². The molecule has 0 unspecified atom stereocenters. The van der Waals surface area contributed by atoms with E-state index in [1.165, 1.54) is 90.4 Å². The molecule has 5 rings (SSSR count). The Kier molecular flexibility index (Phi) is 7.77. The largest absolute Gasteiger partial charge is 0.356 e. The van der Waals surface area contributed by atoms with E-state index in [0.29, 0.717) is 12.1 Å². The fourth-order valence-electron chi connectivity index (χ4n) is 6.36. The van der Waals surface area contributed by atoms with E-state index in [1.54, 1.807) is 0 Å². The third-order valence-corrected chi connectivity index (χ3v) is 8.17. The van der Waals surface area contributed by atoms with Crippen molar-refractivity contribution in [3.63, 3.8) is 0 Å². The summed E-state index contributed by atoms with van der Waals surface area (Å²) < 4.78 is 0. The van der Waals surface area contributed by atoms with Crippen LogP contribution >= 0.6 is 0 Å². The first-order valence-electron chi connectivity index (χ1n) is 13.4. The second-order valence-electron chi connectivity index (χ2n) is 10.3. The lowest BCUT2D eigenvalue weighted by atomic mass is 9.93. The first kappa shape index (κ1) is 22.4. The molecule has 1 aromatic rings. The van der Waals surface area contributed by atoms with Crippen molar-refractivity contribution in [1.29, 1.82) is 0 Å². The molecule has 4 aliphatic rings. The van der Waals surface area contributed by atoms with Crippen molar-refractivity contribution in [3.05, 3.63) is 12.3 Å². The molecule has 0 bridgehead atoms. The summed E-state index contributed by atoms with van der Waals surface area (Å²) in [6, 6.07) is 3.86. The van der Waals surface area contributed by atoms with Crippen molar-refractivity contribution >= 4 is 11.8 Å². The predicted octanol–water partition coefficient (Wildman–Crippen LogP) is 2.95. The smallest absolute Gasteiger partial charge is 0.224 e. The molecule has 2 N–H and O–H groups in total. The zero-order valence-electron chi connectivity index (χ0n) is 19.9. The fraction of sp³-hybridized carbons (Fsp3) is 0.840. The molecule has 1 aliphatic carbocycles. The van der Waals surface area contributed by atoms with Crippen LogP contribution in [0.4, 0.5) is 11.8 Å². The van der Waals surface area contributed by atoms with Gasteiger partial charge in [-0.05, 0) is 38.2 Å². The summed E-state index contributed by atoms with van der Waals surface area (Å²) in [5.41, 5.74) is 0. The summed E-state index contributed by atoms with van der Waals surface area (Å²) in [6.45, 7) is 9.21. The number of piperazine rings is 1. The topological polar surface area (TPSA) is 59.6 Å². The normalized spacial score (nSPS) is 29.2. The molecular formula is C25H43N7. The molecule has 0 amide bonds. The minimum absolute atomic E-state index is 0.436. The lowest BCUT2D eigenvalue weighted by Gasteiger charge is -2.40. The number of rotatable bonds is 6. The summed E-state index contributed by atoms with van der Waals surface area (Å²) in [7, 11) is 0. The summed E-state index contributed by atoms with van der Waals surface area (Å²) in [5.74, 6) is 1.93. The van der Waals surface area contributed by atoms with Gasteiger partial charge < -0.3 is 15.5 Å².